The second-order valence-corrected chi connectivity index (χ2v) is 8.84. The van der Waals surface area contributed by atoms with E-state index in [9.17, 15) is 14.4 Å². The van der Waals surface area contributed by atoms with E-state index in [4.69, 9.17) is 0 Å². The molecule has 1 atom stereocenters. The molecule has 4 rings (SSSR count). The number of nitrogens with one attached hydrogen (secondary N) is 2. The zero-order valence-electron chi connectivity index (χ0n) is 18.1. The van der Waals surface area contributed by atoms with Crippen molar-refractivity contribution < 1.29 is 14.4 Å². The zero-order chi connectivity index (χ0) is 22.0. The minimum absolute atomic E-state index is 0.0389. The van der Waals surface area contributed by atoms with E-state index < -0.39 is 5.92 Å². The SMILES string of the molecule is CC(C)c1cccc(NC(=O)C2CC(=O)N(c3cccc(NC(=O)C4CCC4)c3)C2)c1. The van der Waals surface area contributed by atoms with Crippen molar-refractivity contribution in [2.75, 3.05) is 22.1 Å². The maximum atomic E-state index is 12.8. The van der Waals surface area contributed by atoms with Gasteiger partial charge in [-0.3, -0.25) is 14.4 Å². The highest BCUT2D eigenvalue weighted by atomic mass is 16.2. The van der Waals surface area contributed by atoms with E-state index in [-0.39, 0.29) is 30.1 Å². The van der Waals surface area contributed by atoms with Crippen LogP contribution in [0, 0.1) is 11.8 Å². The smallest absolute Gasteiger partial charge is 0.229 e. The Morgan fingerprint density at radius 2 is 1.58 bits per heavy atom. The normalized spacial score (nSPS) is 18.7. The molecule has 1 heterocycles. The quantitative estimate of drug-likeness (QED) is 0.721. The molecule has 6 heteroatoms. The van der Waals surface area contributed by atoms with Gasteiger partial charge in [0, 0.05) is 35.9 Å². The van der Waals surface area contributed by atoms with Crippen LogP contribution in [0.1, 0.15) is 51.0 Å². The molecule has 2 N–H and O–H groups in total. The Balaban J connectivity index is 1.41. The van der Waals surface area contributed by atoms with Gasteiger partial charge in [-0.25, -0.2) is 0 Å². The molecule has 0 spiro atoms. The molecule has 2 aromatic carbocycles. The van der Waals surface area contributed by atoms with Crippen LogP contribution in [0.3, 0.4) is 0 Å². The van der Waals surface area contributed by atoms with Gasteiger partial charge in [0.25, 0.3) is 0 Å². The number of rotatable bonds is 6. The Hall–Kier alpha value is -3.15. The Kier molecular flexibility index (Phi) is 6.07. The summed E-state index contributed by atoms with van der Waals surface area (Å²) in [5.41, 5.74) is 3.29. The number of anilines is 3. The zero-order valence-corrected chi connectivity index (χ0v) is 18.1. The molecule has 3 amide bonds. The molecular formula is C25H29N3O3. The van der Waals surface area contributed by atoms with Crippen LogP contribution in [0.5, 0.6) is 0 Å². The minimum atomic E-state index is -0.413. The molecule has 31 heavy (non-hydrogen) atoms. The summed E-state index contributed by atoms with van der Waals surface area (Å²) in [4.78, 5) is 39.3. The van der Waals surface area contributed by atoms with Crippen molar-refractivity contribution in [3.05, 3.63) is 54.1 Å². The summed E-state index contributed by atoms with van der Waals surface area (Å²) in [7, 11) is 0. The second-order valence-electron chi connectivity index (χ2n) is 8.84. The van der Waals surface area contributed by atoms with E-state index in [0.717, 1.165) is 30.5 Å². The van der Waals surface area contributed by atoms with Crippen LogP contribution in [-0.4, -0.2) is 24.3 Å². The van der Waals surface area contributed by atoms with Crippen LogP contribution in [0.15, 0.2) is 48.5 Å². The van der Waals surface area contributed by atoms with Crippen molar-refractivity contribution in [1.82, 2.24) is 0 Å². The first-order valence-corrected chi connectivity index (χ1v) is 11.0. The number of amides is 3. The standard InChI is InChI=1S/C25H29N3O3/c1-16(2)18-8-4-9-20(12-18)26-25(31)19-13-23(29)28(15-19)22-11-5-10-21(14-22)27-24(30)17-6-3-7-17/h4-5,8-12,14,16-17,19H,3,6-7,13,15H2,1-2H3,(H,26,31)(H,27,30). The van der Waals surface area contributed by atoms with E-state index in [2.05, 4.69) is 24.5 Å². The Labute approximate surface area is 183 Å². The summed E-state index contributed by atoms with van der Waals surface area (Å²) in [6.45, 7) is 4.54. The molecule has 6 nitrogen and oxygen atoms in total. The molecular weight excluding hydrogens is 390 g/mol. The molecule has 2 aliphatic rings. The van der Waals surface area contributed by atoms with Crippen LogP contribution >= 0.6 is 0 Å². The summed E-state index contributed by atoms with van der Waals surface area (Å²) in [6, 6.07) is 15.1. The lowest BCUT2D eigenvalue weighted by molar-refractivity contribution is -0.122. The van der Waals surface area contributed by atoms with Gasteiger partial charge in [0.15, 0.2) is 0 Å². The van der Waals surface area contributed by atoms with Gasteiger partial charge >= 0.3 is 0 Å². The molecule has 162 valence electrons. The fraction of sp³-hybridized carbons (Fsp3) is 0.400. The van der Waals surface area contributed by atoms with Crippen LogP contribution < -0.4 is 15.5 Å². The molecule has 1 aliphatic carbocycles. The third kappa shape index (κ3) is 4.79. The lowest BCUT2D eigenvalue weighted by Gasteiger charge is -2.24. The van der Waals surface area contributed by atoms with Crippen molar-refractivity contribution in [3.63, 3.8) is 0 Å². The van der Waals surface area contributed by atoms with Gasteiger partial charge in [0.2, 0.25) is 17.7 Å². The van der Waals surface area contributed by atoms with E-state index in [1.54, 1.807) is 11.0 Å². The first-order valence-electron chi connectivity index (χ1n) is 11.0. The van der Waals surface area contributed by atoms with E-state index in [1.807, 2.05) is 42.5 Å². The third-order valence-electron chi connectivity index (χ3n) is 6.22. The van der Waals surface area contributed by atoms with Crippen LogP contribution in [-0.2, 0) is 14.4 Å². The minimum Gasteiger partial charge on any atom is -0.326 e. The van der Waals surface area contributed by atoms with Gasteiger partial charge in [-0.05, 0) is 54.7 Å². The molecule has 1 aliphatic heterocycles. The molecule has 1 saturated heterocycles. The number of benzene rings is 2. The summed E-state index contributed by atoms with van der Waals surface area (Å²) in [5.74, 6) is -0.137. The summed E-state index contributed by atoms with van der Waals surface area (Å²) >= 11 is 0. The van der Waals surface area contributed by atoms with Gasteiger partial charge in [-0.15, -0.1) is 0 Å². The molecule has 2 aromatic rings. The largest absolute Gasteiger partial charge is 0.326 e. The topological polar surface area (TPSA) is 78.5 Å². The fourth-order valence-electron chi connectivity index (χ4n) is 4.02. The number of hydrogen-bond acceptors (Lipinski definition) is 3. The summed E-state index contributed by atoms with van der Waals surface area (Å²) < 4.78 is 0. The Morgan fingerprint density at radius 1 is 0.935 bits per heavy atom. The highest BCUT2D eigenvalue weighted by Crippen LogP contribution is 2.30. The number of hydrogen-bond donors (Lipinski definition) is 2. The first-order chi connectivity index (χ1) is 14.9. The maximum Gasteiger partial charge on any atom is 0.229 e. The van der Waals surface area contributed by atoms with Gasteiger partial charge < -0.3 is 15.5 Å². The predicted molar refractivity (Wildman–Crippen MR) is 122 cm³/mol. The average Bonchev–Trinajstić information content (AvgIpc) is 3.09. The number of carbonyl (C=O) groups excluding carboxylic acids is 3. The van der Waals surface area contributed by atoms with Crippen molar-refractivity contribution in [3.8, 4) is 0 Å². The lowest BCUT2D eigenvalue weighted by Crippen LogP contribution is -2.29. The Morgan fingerprint density at radius 3 is 2.23 bits per heavy atom. The highest BCUT2D eigenvalue weighted by Gasteiger charge is 2.35. The van der Waals surface area contributed by atoms with Crippen LogP contribution in [0.25, 0.3) is 0 Å². The van der Waals surface area contributed by atoms with E-state index in [0.29, 0.717) is 23.8 Å². The summed E-state index contributed by atoms with van der Waals surface area (Å²) in [6.07, 6.45) is 3.15. The number of nitrogens with zero attached hydrogens (tertiary/aromatic N) is 1. The number of carbonyl (C=O) groups is 3. The molecule has 1 saturated carbocycles. The summed E-state index contributed by atoms with van der Waals surface area (Å²) in [5, 5.41) is 5.91. The van der Waals surface area contributed by atoms with Gasteiger partial charge in [0.05, 0.1) is 5.92 Å². The average molecular weight is 420 g/mol. The predicted octanol–water partition coefficient (Wildman–Crippen LogP) is 4.54. The van der Waals surface area contributed by atoms with Gasteiger partial charge in [-0.1, -0.05) is 38.5 Å². The van der Waals surface area contributed by atoms with Crippen molar-refractivity contribution >= 4 is 34.8 Å². The molecule has 0 radical (unpaired) electrons. The van der Waals surface area contributed by atoms with Crippen molar-refractivity contribution in [2.45, 2.75) is 45.4 Å². The van der Waals surface area contributed by atoms with Crippen LogP contribution in [0.2, 0.25) is 0 Å². The second kappa shape index (κ2) is 8.92. The Bertz CT molecular complexity index is 997. The van der Waals surface area contributed by atoms with Crippen LogP contribution in [0.4, 0.5) is 17.1 Å². The van der Waals surface area contributed by atoms with Crippen molar-refractivity contribution in [2.24, 2.45) is 11.8 Å². The van der Waals surface area contributed by atoms with E-state index >= 15 is 0 Å². The highest BCUT2D eigenvalue weighted by molar-refractivity contribution is 6.04. The monoisotopic (exact) mass is 419 g/mol. The van der Waals surface area contributed by atoms with E-state index in [1.165, 1.54) is 0 Å². The van der Waals surface area contributed by atoms with Gasteiger partial charge in [-0.2, -0.15) is 0 Å². The van der Waals surface area contributed by atoms with Crippen molar-refractivity contribution in [1.29, 1.82) is 0 Å². The lowest BCUT2D eigenvalue weighted by atomic mass is 9.85. The third-order valence-corrected chi connectivity index (χ3v) is 6.22. The van der Waals surface area contributed by atoms with Gasteiger partial charge in [0.1, 0.15) is 0 Å². The molecule has 0 aromatic heterocycles. The molecule has 0 bridgehead atoms. The first kappa shape index (κ1) is 21.1. The molecule has 1 unspecified atom stereocenters. The maximum absolute atomic E-state index is 12.8. The fourth-order valence-corrected chi connectivity index (χ4v) is 4.02. The molecule has 2 fully saturated rings.